The Hall–Kier alpha value is -1.55. The van der Waals surface area contributed by atoms with Crippen LogP contribution in [0.2, 0.25) is 0 Å². The summed E-state index contributed by atoms with van der Waals surface area (Å²) < 4.78 is 5.85. The van der Waals surface area contributed by atoms with E-state index in [0.29, 0.717) is 13.0 Å². The Kier molecular flexibility index (Phi) is 5.01. The van der Waals surface area contributed by atoms with Crippen molar-refractivity contribution in [3.05, 3.63) is 23.8 Å². The van der Waals surface area contributed by atoms with E-state index in [4.69, 9.17) is 10.5 Å². The highest BCUT2D eigenvalue weighted by Crippen LogP contribution is 2.34. The Morgan fingerprint density at radius 2 is 2.30 bits per heavy atom. The molecule has 0 aromatic heterocycles. The van der Waals surface area contributed by atoms with E-state index >= 15 is 0 Å². The number of ether oxygens (including phenoxy) is 1. The van der Waals surface area contributed by atoms with Crippen LogP contribution in [0.4, 0.5) is 5.69 Å². The third kappa shape index (κ3) is 3.31. The Labute approximate surface area is 120 Å². The van der Waals surface area contributed by atoms with E-state index in [1.54, 1.807) is 0 Å². The van der Waals surface area contributed by atoms with Gasteiger partial charge in [-0.2, -0.15) is 0 Å². The van der Waals surface area contributed by atoms with E-state index in [-0.39, 0.29) is 11.9 Å². The fourth-order valence-corrected chi connectivity index (χ4v) is 2.59. The van der Waals surface area contributed by atoms with Crippen LogP contribution in [0.15, 0.2) is 18.2 Å². The Morgan fingerprint density at radius 1 is 1.50 bits per heavy atom. The summed E-state index contributed by atoms with van der Waals surface area (Å²) in [7, 11) is 0. The zero-order valence-electron chi connectivity index (χ0n) is 12.4. The number of nitrogens with two attached hydrogens (primary N) is 1. The van der Waals surface area contributed by atoms with Crippen LogP contribution in [0.3, 0.4) is 0 Å². The summed E-state index contributed by atoms with van der Waals surface area (Å²) in [5.41, 5.74) is 7.27. The third-order valence-electron chi connectivity index (χ3n) is 3.53. The number of hydrogen-bond acceptors (Lipinski definition) is 4. The van der Waals surface area contributed by atoms with Gasteiger partial charge in [0.15, 0.2) is 5.78 Å². The molecule has 0 saturated heterocycles. The smallest absolute Gasteiger partial charge is 0.163 e. The molecule has 0 saturated carbocycles. The van der Waals surface area contributed by atoms with Gasteiger partial charge in [0.05, 0.1) is 12.2 Å². The van der Waals surface area contributed by atoms with Gasteiger partial charge in [0.2, 0.25) is 0 Å². The molecular weight excluding hydrogens is 252 g/mol. The van der Waals surface area contributed by atoms with E-state index in [2.05, 4.69) is 18.7 Å². The number of rotatable bonds is 6. The number of fused-ring (bicyclic) bond motifs is 1. The predicted molar refractivity (Wildman–Crippen MR) is 81.7 cm³/mol. The van der Waals surface area contributed by atoms with Gasteiger partial charge in [-0.3, -0.25) is 4.79 Å². The number of Topliss-reactive ketones (excluding diaryl/α,β-unsaturated/α-hetero) is 1. The molecule has 4 heteroatoms. The molecule has 20 heavy (non-hydrogen) atoms. The average Bonchev–Trinajstić information content (AvgIpc) is 2.44. The number of ketones is 1. The average molecular weight is 276 g/mol. The SMILES string of the molecule is CCCN1CC(C)Oc2ccc(C(=O)CCCN)cc21. The molecule has 1 atom stereocenters. The largest absolute Gasteiger partial charge is 0.487 e. The van der Waals surface area contributed by atoms with Gasteiger partial charge in [-0.05, 0) is 44.5 Å². The standard InChI is InChI=1S/C16H24N2O2/c1-3-9-18-11-12(2)20-16-7-6-13(10-14(16)18)15(19)5-4-8-17/h6-7,10,12H,3-5,8-9,11,17H2,1-2H3. The molecule has 0 aliphatic carbocycles. The van der Waals surface area contributed by atoms with Gasteiger partial charge in [0, 0.05) is 18.5 Å². The van der Waals surface area contributed by atoms with E-state index in [0.717, 1.165) is 42.9 Å². The Morgan fingerprint density at radius 3 is 3.00 bits per heavy atom. The molecule has 1 aromatic rings. The maximum absolute atomic E-state index is 12.1. The van der Waals surface area contributed by atoms with Crippen molar-refractivity contribution >= 4 is 11.5 Å². The van der Waals surface area contributed by atoms with Crippen LogP contribution in [0.25, 0.3) is 0 Å². The third-order valence-corrected chi connectivity index (χ3v) is 3.53. The molecule has 1 aromatic carbocycles. The molecule has 0 spiro atoms. The van der Waals surface area contributed by atoms with Crippen LogP contribution in [-0.2, 0) is 0 Å². The van der Waals surface area contributed by atoms with Gasteiger partial charge in [0.25, 0.3) is 0 Å². The molecule has 4 nitrogen and oxygen atoms in total. The quantitative estimate of drug-likeness (QED) is 0.811. The number of carbonyl (C=O) groups is 1. The highest BCUT2D eigenvalue weighted by Gasteiger charge is 2.23. The van der Waals surface area contributed by atoms with Gasteiger partial charge in [-0.25, -0.2) is 0 Å². The van der Waals surface area contributed by atoms with Crippen molar-refractivity contribution in [3.8, 4) is 5.75 Å². The van der Waals surface area contributed by atoms with Crippen LogP contribution in [0.1, 0.15) is 43.5 Å². The molecule has 0 bridgehead atoms. The molecule has 1 unspecified atom stereocenters. The lowest BCUT2D eigenvalue weighted by Gasteiger charge is -2.35. The van der Waals surface area contributed by atoms with E-state index in [1.165, 1.54) is 0 Å². The van der Waals surface area contributed by atoms with Crippen LogP contribution >= 0.6 is 0 Å². The number of benzene rings is 1. The van der Waals surface area contributed by atoms with E-state index in [9.17, 15) is 4.79 Å². The molecule has 0 fully saturated rings. The van der Waals surface area contributed by atoms with Crippen LogP contribution in [-0.4, -0.2) is 31.5 Å². The second kappa shape index (κ2) is 6.75. The Bertz CT molecular complexity index is 474. The highest BCUT2D eigenvalue weighted by molar-refractivity contribution is 5.97. The lowest BCUT2D eigenvalue weighted by Crippen LogP contribution is -2.38. The maximum atomic E-state index is 12.1. The second-order valence-corrected chi connectivity index (χ2v) is 5.37. The zero-order chi connectivity index (χ0) is 14.5. The molecule has 1 heterocycles. The second-order valence-electron chi connectivity index (χ2n) is 5.37. The minimum atomic E-state index is 0.160. The van der Waals surface area contributed by atoms with E-state index < -0.39 is 0 Å². The molecule has 2 rings (SSSR count). The predicted octanol–water partition coefficient (Wildman–Crippen LogP) is 2.61. The summed E-state index contributed by atoms with van der Waals surface area (Å²) in [4.78, 5) is 14.4. The summed E-state index contributed by atoms with van der Waals surface area (Å²) in [6, 6.07) is 5.75. The first kappa shape index (κ1) is 14.9. The minimum absolute atomic E-state index is 0.160. The Balaban J connectivity index is 2.23. The van der Waals surface area contributed by atoms with Crippen molar-refractivity contribution < 1.29 is 9.53 Å². The fraction of sp³-hybridized carbons (Fsp3) is 0.562. The van der Waals surface area contributed by atoms with Crippen LogP contribution < -0.4 is 15.4 Å². The normalized spacial score (nSPS) is 17.6. The van der Waals surface area contributed by atoms with Gasteiger partial charge in [0.1, 0.15) is 11.9 Å². The number of anilines is 1. The van der Waals surface area contributed by atoms with E-state index in [1.807, 2.05) is 18.2 Å². The molecular formula is C16H24N2O2. The zero-order valence-corrected chi connectivity index (χ0v) is 12.4. The summed E-state index contributed by atoms with van der Waals surface area (Å²) in [6.07, 6.45) is 2.52. The van der Waals surface area contributed by atoms with Crippen molar-refractivity contribution in [2.75, 3.05) is 24.5 Å². The number of carbonyl (C=O) groups excluding carboxylic acids is 1. The lowest BCUT2D eigenvalue weighted by atomic mass is 10.0. The first-order valence-corrected chi connectivity index (χ1v) is 7.44. The highest BCUT2D eigenvalue weighted by atomic mass is 16.5. The summed E-state index contributed by atoms with van der Waals surface area (Å²) >= 11 is 0. The first-order chi connectivity index (χ1) is 9.65. The number of nitrogens with zero attached hydrogens (tertiary/aromatic N) is 1. The molecule has 0 radical (unpaired) electrons. The van der Waals surface area contributed by atoms with Gasteiger partial charge >= 0.3 is 0 Å². The monoisotopic (exact) mass is 276 g/mol. The van der Waals surface area contributed by atoms with Gasteiger partial charge in [-0.15, -0.1) is 0 Å². The fourth-order valence-electron chi connectivity index (χ4n) is 2.59. The van der Waals surface area contributed by atoms with Crippen LogP contribution in [0, 0.1) is 0 Å². The van der Waals surface area contributed by atoms with Crippen molar-refractivity contribution in [2.45, 2.75) is 39.2 Å². The summed E-state index contributed by atoms with van der Waals surface area (Å²) in [6.45, 7) is 6.66. The molecule has 0 amide bonds. The maximum Gasteiger partial charge on any atom is 0.163 e. The van der Waals surface area contributed by atoms with Crippen molar-refractivity contribution in [1.82, 2.24) is 0 Å². The number of hydrogen-bond donors (Lipinski definition) is 1. The van der Waals surface area contributed by atoms with Crippen LogP contribution in [0.5, 0.6) is 5.75 Å². The van der Waals surface area contributed by atoms with Crippen molar-refractivity contribution in [3.63, 3.8) is 0 Å². The topological polar surface area (TPSA) is 55.6 Å². The first-order valence-electron chi connectivity index (χ1n) is 7.44. The van der Waals surface area contributed by atoms with Gasteiger partial charge in [-0.1, -0.05) is 6.92 Å². The lowest BCUT2D eigenvalue weighted by molar-refractivity contribution is 0.0980. The van der Waals surface area contributed by atoms with Crippen molar-refractivity contribution in [1.29, 1.82) is 0 Å². The molecule has 110 valence electrons. The van der Waals surface area contributed by atoms with Crippen molar-refractivity contribution in [2.24, 2.45) is 5.73 Å². The molecule has 1 aliphatic rings. The summed E-state index contributed by atoms with van der Waals surface area (Å²) in [5.74, 6) is 1.04. The minimum Gasteiger partial charge on any atom is -0.487 e. The van der Waals surface area contributed by atoms with Gasteiger partial charge < -0.3 is 15.4 Å². The molecule has 1 aliphatic heterocycles. The summed E-state index contributed by atoms with van der Waals surface area (Å²) in [5, 5.41) is 0. The molecule has 2 N–H and O–H groups in total.